The summed E-state index contributed by atoms with van der Waals surface area (Å²) >= 11 is 0. The molecule has 33 heavy (non-hydrogen) atoms. The van der Waals surface area contributed by atoms with Crippen LogP contribution in [0.1, 0.15) is 16.7 Å². The molecule has 158 valence electrons. The summed E-state index contributed by atoms with van der Waals surface area (Å²) in [6, 6.07) is 30.1. The highest BCUT2D eigenvalue weighted by molar-refractivity contribution is 5.82. The lowest BCUT2D eigenvalue weighted by Gasteiger charge is -2.02. The molecule has 6 aromatic rings. The zero-order valence-corrected chi connectivity index (χ0v) is 18.0. The Hall–Kier alpha value is -4.44. The van der Waals surface area contributed by atoms with E-state index in [-0.39, 0.29) is 0 Å². The van der Waals surface area contributed by atoms with Gasteiger partial charge in [0, 0.05) is 11.1 Å². The molecule has 0 radical (unpaired) electrons. The van der Waals surface area contributed by atoms with E-state index >= 15 is 0 Å². The molecule has 2 aromatic heterocycles. The topological polar surface area (TPSA) is 52.1 Å². The smallest absolute Gasteiger partial charge is 0.227 e. The van der Waals surface area contributed by atoms with Crippen molar-refractivity contribution in [2.45, 2.75) is 6.92 Å². The molecule has 0 bridgehead atoms. The fraction of sp³-hybridized carbons (Fsp3) is 0.0345. The zero-order valence-electron chi connectivity index (χ0n) is 18.0. The number of nitrogens with zero attached hydrogens (tertiary/aromatic N) is 2. The summed E-state index contributed by atoms with van der Waals surface area (Å²) < 4.78 is 11.9. The second-order valence-corrected chi connectivity index (χ2v) is 8.02. The Bertz CT molecular complexity index is 1590. The van der Waals surface area contributed by atoms with Gasteiger partial charge in [-0.3, -0.25) is 0 Å². The van der Waals surface area contributed by atoms with Gasteiger partial charge in [-0.05, 0) is 66.1 Å². The summed E-state index contributed by atoms with van der Waals surface area (Å²) in [5.74, 6) is 1.26. The van der Waals surface area contributed by atoms with Crippen LogP contribution in [0, 0.1) is 6.92 Å². The van der Waals surface area contributed by atoms with Gasteiger partial charge in [-0.15, -0.1) is 0 Å². The van der Waals surface area contributed by atoms with Gasteiger partial charge >= 0.3 is 0 Å². The van der Waals surface area contributed by atoms with Crippen LogP contribution in [-0.4, -0.2) is 9.97 Å². The normalized spacial score (nSPS) is 11.7. The van der Waals surface area contributed by atoms with E-state index in [2.05, 4.69) is 47.2 Å². The highest BCUT2D eigenvalue weighted by Gasteiger charge is 2.11. The van der Waals surface area contributed by atoms with Crippen molar-refractivity contribution in [3.8, 4) is 22.9 Å². The van der Waals surface area contributed by atoms with E-state index in [4.69, 9.17) is 8.83 Å². The van der Waals surface area contributed by atoms with E-state index in [1.54, 1.807) is 0 Å². The number of fused-ring (bicyclic) bond motifs is 2. The molecule has 0 unspecified atom stereocenters. The number of aromatic nitrogens is 2. The largest absolute Gasteiger partial charge is 0.436 e. The quantitative estimate of drug-likeness (QED) is 0.269. The Balaban J connectivity index is 1.28. The van der Waals surface area contributed by atoms with Crippen LogP contribution in [0.4, 0.5) is 0 Å². The van der Waals surface area contributed by atoms with E-state index in [0.717, 1.165) is 44.5 Å². The first-order valence-electron chi connectivity index (χ1n) is 10.8. The van der Waals surface area contributed by atoms with Crippen LogP contribution >= 0.6 is 0 Å². The number of benzene rings is 4. The Morgan fingerprint density at radius 2 is 1.36 bits per heavy atom. The maximum Gasteiger partial charge on any atom is 0.227 e. The molecule has 0 aliphatic rings. The second-order valence-electron chi connectivity index (χ2n) is 8.02. The van der Waals surface area contributed by atoms with E-state index in [0.29, 0.717) is 11.8 Å². The first kappa shape index (κ1) is 19.3. The van der Waals surface area contributed by atoms with Crippen molar-refractivity contribution in [3.05, 3.63) is 108 Å². The highest BCUT2D eigenvalue weighted by Crippen LogP contribution is 2.29. The molecule has 0 saturated carbocycles. The van der Waals surface area contributed by atoms with Gasteiger partial charge in [0.1, 0.15) is 11.0 Å². The van der Waals surface area contributed by atoms with Gasteiger partial charge in [-0.1, -0.05) is 60.7 Å². The lowest BCUT2D eigenvalue weighted by Crippen LogP contribution is -1.83. The Morgan fingerprint density at radius 1 is 0.636 bits per heavy atom. The minimum absolute atomic E-state index is 0.623. The van der Waals surface area contributed by atoms with E-state index < -0.39 is 0 Å². The van der Waals surface area contributed by atoms with Crippen LogP contribution in [-0.2, 0) is 0 Å². The molecule has 0 atom stereocenters. The maximum atomic E-state index is 5.98. The van der Waals surface area contributed by atoms with Gasteiger partial charge in [0.15, 0.2) is 11.2 Å². The van der Waals surface area contributed by atoms with Crippen molar-refractivity contribution in [1.82, 2.24) is 9.97 Å². The third-order valence-electron chi connectivity index (χ3n) is 5.64. The minimum atomic E-state index is 0.623. The molecule has 0 aliphatic heterocycles. The van der Waals surface area contributed by atoms with Crippen LogP contribution < -0.4 is 0 Å². The Kier molecular flexibility index (Phi) is 4.62. The number of para-hydroxylation sites is 2. The molecule has 0 fully saturated rings. The van der Waals surface area contributed by atoms with Crippen molar-refractivity contribution < 1.29 is 8.83 Å². The van der Waals surface area contributed by atoms with E-state index in [1.165, 1.54) is 5.56 Å². The summed E-state index contributed by atoms with van der Waals surface area (Å²) in [5.41, 5.74) is 8.53. The predicted octanol–water partition coefficient (Wildman–Crippen LogP) is 7.78. The third kappa shape index (κ3) is 3.72. The number of oxazole rings is 2. The van der Waals surface area contributed by atoms with Gasteiger partial charge in [0.2, 0.25) is 11.8 Å². The van der Waals surface area contributed by atoms with E-state index in [1.807, 2.05) is 72.8 Å². The summed E-state index contributed by atoms with van der Waals surface area (Å²) in [6.07, 6.45) is 4.17. The summed E-state index contributed by atoms with van der Waals surface area (Å²) in [7, 11) is 0. The summed E-state index contributed by atoms with van der Waals surface area (Å²) in [6.45, 7) is 2.05. The van der Waals surface area contributed by atoms with Crippen LogP contribution in [0.25, 0.3) is 57.3 Å². The van der Waals surface area contributed by atoms with Gasteiger partial charge in [0.05, 0.1) is 0 Å². The molecule has 6 rings (SSSR count). The van der Waals surface area contributed by atoms with Crippen LogP contribution in [0.5, 0.6) is 0 Å². The lowest BCUT2D eigenvalue weighted by molar-refractivity contribution is 0.619. The minimum Gasteiger partial charge on any atom is -0.436 e. The summed E-state index contributed by atoms with van der Waals surface area (Å²) in [4.78, 5) is 9.28. The van der Waals surface area contributed by atoms with Crippen molar-refractivity contribution in [3.63, 3.8) is 0 Å². The fourth-order valence-electron chi connectivity index (χ4n) is 3.91. The van der Waals surface area contributed by atoms with Gasteiger partial charge < -0.3 is 8.83 Å². The summed E-state index contributed by atoms with van der Waals surface area (Å²) in [5, 5.41) is 0. The van der Waals surface area contributed by atoms with Crippen LogP contribution in [0.3, 0.4) is 0 Å². The average molecular weight is 428 g/mol. The molecule has 4 nitrogen and oxygen atoms in total. The highest BCUT2D eigenvalue weighted by atomic mass is 16.4. The van der Waals surface area contributed by atoms with Gasteiger partial charge in [0.25, 0.3) is 0 Å². The number of aryl methyl sites for hydroxylation is 1. The molecule has 0 spiro atoms. The number of rotatable bonds is 4. The van der Waals surface area contributed by atoms with Gasteiger partial charge in [-0.25, -0.2) is 9.97 Å². The maximum absolute atomic E-state index is 5.98. The average Bonchev–Trinajstić information content (AvgIpc) is 3.47. The fourth-order valence-corrected chi connectivity index (χ4v) is 3.91. The van der Waals surface area contributed by atoms with Crippen molar-refractivity contribution in [2.75, 3.05) is 0 Å². The molecule has 0 saturated heterocycles. The van der Waals surface area contributed by atoms with Gasteiger partial charge in [-0.2, -0.15) is 0 Å². The van der Waals surface area contributed by atoms with E-state index in [9.17, 15) is 0 Å². The molecular weight excluding hydrogens is 408 g/mol. The predicted molar refractivity (Wildman–Crippen MR) is 133 cm³/mol. The molecular formula is C29H20N2O2. The van der Waals surface area contributed by atoms with Crippen molar-refractivity contribution in [1.29, 1.82) is 0 Å². The molecule has 0 aliphatic carbocycles. The SMILES string of the molecule is Cc1ccc2oc(-c3ccc(/C=C/c4ccccc4-c4nc5ccccc5o4)cc3)nc2c1. The molecule has 2 heterocycles. The molecule has 4 heteroatoms. The zero-order chi connectivity index (χ0) is 22.2. The van der Waals surface area contributed by atoms with Crippen LogP contribution in [0.15, 0.2) is 99.8 Å². The van der Waals surface area contributed by atoms with Crippen molar-refractivity contribution in [2.24, 2.45) is 0 Å². The molecule has 4 aromatic carbocycles. The Morgan fingerprint density at radius 3 is 2.24 bits per heavy atom. The Labute approximate surface area is 190 Å². The van der Waals surface area contributed by atoms with Crippen LogP contribution in [0.2, 0.25) is 0 Å². The number of hydrogen-bond acceptors (Lipinski definition) is 4. The first-order chi connectivity index (χ1) is 16.2. The molecule has 0 N–H and O–H groups in total. The second kappa shape index (κ2) is 7.92. The standard InChI is InChI=1S/C29H20N2O2/c1-19-10-17-27-25(18-19)31-28(32-27)22-15-12-20(13-16-22)11-14-21-6-2-3-7-23(21)29-30-24-8-4-5-9-26(24)33-29/h2-18H,1H3/b14-11+. The third-order valence-corrected chi connectivity index (χ3v) is 5.64. The lowest BCUT2D eigenvalue weighted by atomic mass is 10.1. The number of hydrogen-bond donors (Lipinski definition) is 0. The first-order valence-corrected chi connectivity index (χ1v) is 10.8. The monoisotopic (exact) mass is 428 g/mol. The van der Waals surface area contributed by atoms with Crippen molar-refractivity contribution >= 4 is 34.4 Å². The molecule has 0 amide bonds.